The van der Waals surface area contributed by atoms with E-state index in [1.54, 1.807) is 24.3 Å². The maximum atomic E-state index is 11.8. The first-order valence-corrected chi connectivity index (χ1v) is 6.05. The Hall–Kier alpha value is -2.37. The molecule has 0 fully saturated rings. The lowest BCUT2D eigenvalue weighted by molar-refractivity contribution is -0.146. The molecular weight excluding hydrogens is 260 g/mol. The van der Waals surface area contributed by atoms with Crippen LogP contribution in [0.3, 0.4) is 0 Å². The van der Waals surface area contributed by atoms with Gasteiger partial charge in [0.25, 0.3) is 0 Å². The molecule has 2 amide bonds. The van der Waals surface area contributed by atoms with Crippen molar-refractivity contribution in [2.45, 2.75) is 26.3 Å². The van der Waals surface area contributed by atoms with Crippen LogP contribution in [0.5, 0.6) is 0 Å². The van der Waals surface area contributed by atoms with Crippen LogP contribution in [0.15, 0.2) is 24.3 Å². The van der Waals surface area contributed by atoms with E-state index in [0.717, 1.165) is 0 Å². The topological polar surface area (TPSA) is 84.5 Å². The number of anilines is 1. The van der Waals surface area contributed by atoms with Crippen LogP contribution in [0.1, 0.15) is 31.1 Å². The summed E-state index contributed by atoms with van der Waals surface area (Å²) < 4.78 is 4.59. The van der Waals surface area contributed by atoms with Gasteiger partial charge < -0.3 is 15.4 Å². The van der Waals surface area contributed by atoms with Gasteiger partial charge in [-0.25, -0.2) is 9.59 Å². The molecule has 20 heavy (non-hydrogen) atoms. The Morgan fingerprint density at radius 2 is 1.85 bits per heavy atom. The molecule has 0 radical (unpaired) electrons. The van der Waals surface area contributed by atoms with Gasteiger partial charge in [0.05, 0.1) is 7.11 Å². The van der Waals surface area contributed by atoms with Crippen LogP contribution in [-0.4, -0.2) is 30.4 Å². The van der Waals surface area contributed by atoms with Crippen molar-refractivity contribution in [1.29, 1.82) is 0 Å². The summed E-state index contributed by atoms with van der Waals surface area (Å²) >= 11 is 0. The number of carbonyl (C=O) groups is 3. The molecule has 6 heteroatoms. The molecule has 0 heterocycles. The smallest absolute Gasteiger partial charge is 0.331 e. The van der Waals surface area contributed by atoms with Crippen LogP contribution >= 0.6 is 0 Å². The molecule has 0 unspecified atom stereocenters. The Balaban J connectivity index is 2.74. The molecule has 108 valence electrons. The third-order valence-corrected chi connectivity index (χ3v) is 2.65. The van der Waals surface area contributed by atoms with E-state index < -0.39 is 17.5 Å². The minimum absolute atomic E-state index is 0.0936. The monoisotopic (exact) mass is 278 g/mol. The fourth-order valence-electron chi connectivity index (χ4n) is 1.57. The van der Waals surface area contributed by atoms with Gasteiger partial charge in [0.15, 0.2) is 5.78 Å². The summed E-state index contributed by atoms with van der Waals surface area (Å²) in [6, 6.07) is 5.98. The summed E-state index contributed by atoms with van der Waals surface area (Å²) in [5.41, 5.74) is -0.178. The normalized spacial score (nSPS) is 10.6. The van der Waals surface area contributed by atoms with Gasteiger partial charge in [-0.3, -0.25) is 4.79 Å². The summed E-state index contributed by atoms with van der Waals surface area (Å²) in [7, 11) is 1.25. The molecule has 0 spiro atoms. The molecule has 1 aromatic rings. The number of hydrogen-bond donors (Lipinski definition) is 2. The lowest BCUT2D eigenvalue weighted by Crippen LogP contribution is -2.51. The lowest BCUT2D eigenvalue weighted by atomic mass is 10.1. The van der Waals surface area contributed by atoms with E-state index in [9.17, 15) is 14.4 Å². The zero-order chi connectivity index (χ0) is 15.3. The van der Waals surface area contributed by atoms with Crippen molar-refractivity contribution < 1.29 is 19.1 Å². The van der Waals surface area contributed by atoms with E-state index in [0.29, 0.717) is 11.3 Å². The minimum Gasteiger partial charge on any atom is -0.467 e. The lowest BCUT2D eigenvalue weighted by Gasteiger charge is -2.23. The van der Waals surface area contributed by atoms with E-state index in [-0.39, 0.29) is 5.78 Å². The molecule has 2 N–H and O–H groups in total. The Labute approximate surface area is 117 Å². The number of amides is 2. The van der Waals surface area contributed by atoms with E-state index in [1.165, 1.54) is 27.9 Å². The zero-order valence-electron chi connectivity index (χ0n) is 11.9. The summed E-state index contributed by atoms with van der Waals surface area (Å²) in [5, 5.41) is 5.06. The minimum atomic E-state index is -1.14. The van der Waals surface area contributed by atoms with Gasteiger partial charge in [0.2, 0.25) is 0 Å². The van der Waals surface area contributed by atoms with Crippen molar-refractivity contribution >= 4 is 23.5 Å². The molecule has 0 aliphatic rings. The molecule has 0 aliphatic carbocycles. The van der Waals surface area contributed by atoms with Gasteiger partial charge in [-0.1, -0.05) is 12.1 Å². The molecule has 0 aromatic heterocycles. The van der Waals surface area contributed by atoms with Gasteiger partial charge in [-0.05, 0) is 32.9 Å². The second kappa shape index (κ2) is 6.18. The Kier molecular flexibility index (Phi) is 4.85. The SMILES string of the molecule is COC(=O)C(C)(C)NC(=O)Nc1cccc(C(C)=O)c1. The molecule has 1 aromatic carbocycles. The number of Topliss-reactive ketones (excluding diaryl/α,β-unsaturated/α-hetero) is 1. The van der Waals surface area contributed by atoms with Crippen LogP contribution in [-0.2, 0) is 9.53 Å². The molecule has 1 rings (SSSR count). The van der Waals surface area contributed by atoms with Crippen molar-refractivity contribution in [1.82, 2.24) is 5.32 Å². The number of carbonyl (C=O) groups excluding carboxylic acids is 3. The second-order valence-corrected chi connectivity index (χ2v) is 4.83. The van der Waals surface area contributed by atoms with E-state index in [2.05, 4.69) is 15.4 Å². The number of ether oxygens (including phenoxy) is 1. The maximum absolute atomic E-state index is 11.8. The second-order valence-electron chi connectivity index (χ2n) is 4.83. The van der Waals surface area contributed by atoms with Crippen molar-refractivity contribution in [3.63, 3.8) is 0 Å². The molecule has 0 bridgehead atoms. The van der Waals surface area contributed by atoms with E-state index in [4.69, 9.17) is 0 Å². The van der Waals surface area contributed by atoms with Crippen LogP contribution in [0, 0.1) is 0 Å². The highest BCUT2D eigenvalue weighted by Crippen LogP contribution is 2.12. The Bertz CT molecular complexity index is 538. The van der Waals surface area contributed by atoms with Crippen molar-refractivity contribution in [3.8, 4) is 0 Å². The maximum Gasteiger partial charge on any atom is 0.331 e. The van der Waals surface area contributed by atoms with Gasteiger partial charge in [0.1, 0.15) is 5.54 Å². The van der Waals surface area contributed by atoms with E-state index >= 15 is 0 Å². The predicted molar refractivity (Wildman–Crippen MR) is 74.7 cm³/mol. The van der Waals surface area contributed by atoms with Crippen LogP contribution in [0.25, 0.3) is 0 Å². The Morgan fingerprint density at radius 1 is 1.20 bits per heavy atom. The van der Waals surface area contributed by atoms with Gasteiger partial charge >= 0.3 is 12.0 Å². The first kappa shape index (κ1) is 15.7. The molecular formula is C14H18N2O4. The average molecular weight is 278 g/mol. The molecule has 0 atom stereocenters. The van der Waals surface area contributed by atoms with Crippen LogP contribution in [0.2, 0.25) is 0 Å². The number of benzene rings is 1. The standard InChI is InChI=1S/C14H18N2O4/c1-9(17)10-6-5-7-11(8-10)15-13(19)16-14(2,3)12(18)20-4/h5-8H,1-4H3,(H2,15,16,19). The van der Waals surface area contributed by atoms with Gasteiger partial charge in [0, 0.05) is 11.3 Å². The highest BCUT2D eigenvalue weighted by atomic mass is 16.5. The molecule has 6 nitrogen and oxygen atoms in total. The Morgan fingerprint density at radius 3 is 2.40 bits per heavy atom. The number of rotatable bonds is 4. The highest BCUT2D eigenvalue weighted by molar-refractivity contribution is 5.97. The van der Waals surface area contributed by atoms with Crippen molar-refractivity contribution in [2.75, 3.05) is 12.4 Å². The average Bonchev–Trinajstić information content (AvgIpc) is 2.37. The van der Waals surface area contributed by atoms with Crippen LogP contribution < -0.4 is 10.6 Å². The van der Waals surface area contributed by atoms with Gasteiger partial charge in [-0.2, -0.15) is 0 Å². The summed E-state index contributed by atoms with van der Waals surface area (Å²) in [5.74, 6) is -0.644. The number of methoxy groups -OCH3 is 1. The summed E-state index contributed by atoms with van der Waals surface area (Å²) in [6.07, 6.45) is 0. The summed E-state index contributed by atoms with van der Waals surface area (Å²) in [6.45, 7) is 4.51. The summed E-state index contributed by atoms with van der Waals surface area (Å²) in [4.78, 5) is 34.5. The zero-order valence-corrected chi connectivity index (χ0v) is 11.9. The first-order valence-electron chi connectivity index (χ1n) is 6.05. The number of nitrogens with one attached hydrogen (secondary N) is 2. The highest BCUT2D eigenvalue weighted by Gasteiger charge is 2.30. The molecule has 0 saturated heterocycles. The quantitative estimate of drug-likeness (QED) is 0.651. The predicted octanol–water partition coefficient (Wildman–Crippen LogP) is 1.96. The molecule has 0 saturated carbocycles. The number of esters is 1. The fourth-order valence-corrected chi connectivity index (χ4v) is 1.57. The third-order valence-electron chi connectivity index (χ3n) is 2.65. The molecule has 0 aliphatic heterocycles. The van der Waals surface area contributed by atoms with Crippen LogP contribution in [0.4, 0.5) is 10.5 Å². The van der Waals surface area contributed by atoms with E-state index in [1.807, 2.05) is 0 Å². The number of urea groups is 1. The number of ketones is 1. The van der Waals surface area contributed by atoms with Crippen molar-refractivity contribution in [3.05, 3.63) is 29.8 Å². The third kappa shape index (κ3) is 4.08. The van der Waals surface area contributed by atoms with Gasteiger partial charge in [-0.15, -0.1) is 0 Å². The fraction of sp³-hybridized carbons (Fsp3) is 0.357. The number of hydrogen-bond acceptors (Lipinski definition) is 4. The van der Waals surface area contributed by atoms with Crippen molar-refractivity contribution in [2.24, 2.45) is 0 Å². The first-order chi connectivity index (χ1) is 9.26. The largest absolute Gasteiger partial charge is 0.467 e.